The van der Waals surface area contributed by atoms with Gasteiger partial charge in [-0.2, -0.15) is 0 Å². The van der Waals surface area contributed by atoms with Crippen LogP contribution in [-0.2, 0) is 0 Å². The van der Waals surface area contributed by atoms with Crippen LogP contribution in [0.1, 0.15) is 6.92 Å². The number of nitrogens with zero attached hydrogens (tertiary/aromatic N) is 2. The minimum absolute atomic E-state index is 0.384. The lowest BCUT2D eigenvalue weighted by Gasteiger charge is -2.49. The summed E-state index contributed by atoms with van der Waals surface area (Å²) in [5.41, 5.74) is 4.23. The highest BCUT2D eigenvalue weighted by Gasteiger charge is 2.35. The van der Waals surface area contributed by atoms with E-state index in [1.165, 1.54) is 0 Å². The molecule has 0 fully saturated rings. The molecule has 0 saturated heterocycles. The first kappa shape index (κ1) is 18.9. The van der Waals surface area contributed by atoms with Crippen LogP contribution in [0.15, 0.2) is 121 Å². The second-order valence-corrected chi connectivity index (χ2v) is 7.51. The van der Waals surface area contributed by atoms with Crippen molar-refractivity contribution >= 4 is 30.6 Å². The second kappa shape index (κ2) is 8.28. The summed E-state index contributed by atoms with van der Waals surface area (Å²) in [7, 11) is 2.27. The Bertz CT molecular complexity index is 855. The average Bonchev–Trinajstić information content (AvgIpc) is 2.77. The zero-order chi connectivity index (χ0) is 20.1. The molecule has 0 unspecified atom stereocenters. The van der Waals surface area contributed by atoms with Gasteiger partial charge in [0, 0.05) is 22.7 Å². The first-order valence-electron chi connectivity index (χ1n) is 9.98. The first-order chi connectivity index (χ1) is 14.2. The van der Waals surface area contributed by atoms with E-state index in [1.54, 1.807) is 0 Å². The molecule has 142 valence electrons. The summed E-state index contributed by atoms with van der Waals surface area (Å²) >= 11 is 0. The number of benzene rings is 4. The van der Waals surface area contributed by atoms with Crippen LogP contribution in [-0.4, -0.2) is 13.4 Å². The Morgan fingerprint density at radius 1 is 0.448 bits per heavy atom. The quantitative estimate of drug-likeness (QED) is 0.302. The molecule has 0 saturated carbocycles. The van der Waals surface area contributed by atoms with Crippen molar-refractivity contribution in [1.82, 2.24) is 0 Å². The molecule has 0 radical (unpaired) electrons. The molecule has 29 heavy (non-hydrogen) atoms. The van der Waals surface area contributed by atoms with Crippen molar-refractivity contribution in [2.45, 2.75) is 12.5 Å². The van der Waals surface area contributed by atoms with Crippen molar-refractivity contribution in [3.8, 4) is 0 Å². The van der Waals surface area contributed by atoms with Crippen LogP contribution in [0.25, 0.3) is 0 Å². The van der Waals surface area contributed by atoms with Crippen molar-refractivity contribution in [3.63, 3.8) is 0 Å². The summed E-state index contributed by atoms with van der Waals surface area (Å²) in [5.74, 6) is 0. The van der Waals surface area contributed by atoms with E-state index in [1.807, 2.05) is 0 Å². The van der Waals surface area contributed by atoms with E-state index in [0.717, 1.165) is 22.7 Å². The van der Waals surface area contributed by atoms with Gasteiger partial charge in [0.25, 0.3) is 0 Å². The van der Waals surface area contributed by atoms with Crippen LogP contribution in [0, 0.1) is 0 Å². The summed E-state index contributed by atoms with van der Waals surface area (Å²) in [5, 5.41) is 0. The summed E-state index contributed by atoms with van der Waals surface area (Å²) in [6.45, 7) is 2.27. The van der Waals surface area contributed by atoms with Crippen molar-refractivity contribution < 1.29 is 0 Å². The monoisotopic (exact) mass is 376 g/mol. The van der Waals surface area contributed by atoms with E-state index in [-0.39, 0.29) is 5.56 Å². The van der Waals surface area contributed by atoms with Crippen molar-refractivity contribution in [2.24, 2.45) is 0 Å². The predicted octanol–water partition coefficient (Wildman–Crippen LogP) is 5.97. The zero-order valence-electron chi connectivity index (χ0n) is 16.9. The SMILES string of the molecule is BC(C)(N(c1ccccc1)c1ccccc1)N(c1ccccc1)c1ccccc1. The molecule has 0 aromatic heterocycles. The fraction of sp³-hybridized carbons (Fsp3) is 0.0769. The maximum absolute atomic E-state index is 2.40. The Balaban J connectivity index is 1.91. The molecule has 0 bridgehead atoms. The van der Waals surface area contributed by atoms with Crippen LogP contribution in [0.2, 0.25) is 0 Å². The minimum atomic E-state index is -0.384. The van der Waals surface area contributed by atoms with Gasteiger partial charge in [-0.15, -0.1) is 0 Å². The molecule has 0 N–H and O–H groups in total. The van der Waals surface area contributed by atoms with Gasteiger partial charge in [0.2, 0.25) is 0 Å². The molecule has 3 heteroatoms. The molecule has 4 rings (SSSR count). The van der Waals surface area contributed by atoms with Crippen LogP contribution < -0.4 is 9.80 Å². The maximum atomic E-state index is 2.40. The molecule has 4 aromatic carbocycles. The molecule has 0 aliphatic carbocycles. The second-order valence-electron chi connectivity index (χ2n) is 7.51. The highest BCUT2D eigenvalue weighted by Crippen LogP contribution is 2.39. The summed E-state index contributed by atoms with van der Waals surface area (Å²) in [6, 6.07) is 42.4. The van der Waals surface area contributed by atoms with E-state index in [0.29, 0.717) is 0 Å². The number of anilines is 4. The highest BCUT2D eigenvalue weighted by atomic mass is 15.4. The van der Waals surface area contributed by atoms with Gasteiger partial charge in [0.1, 0.15) is 0 Å². The summed E-state index contributed by atoms with van der Waals surface area (Å²) in [6.07, 6.45) is 0. The molecule has 0 amide bonds. The molecule has 0 heterocycles. The smallest absolute Gasteiger partial charge is 0.162 e. The lowest BCUT2D eigenvalue weighted by Crippen LogP contribution is -2.56. The summed E-state index contributed by atoms with van der Waals surface area (Å²) < 4.78 is 0. The number of hydrogen-bond donors (Lipinski definition) is 0. The van der Waals surface area contributed by atoms with Gasteiger partial charge in [-0.05, 0) is 55.5 Å². The van der Waals surface area contributed by atoms with Gasteiger partial charge in [0.15, 0.2) is 7.85 Å². The Morgan fingerprint density at radius 2 is 0.655 bits per heavy atom. The van der Waals surface area contributed by atoms with E-state index >= 15 is 0 Å². The van der Waals surface area contributed by atoms with Crippen LogP contribution in [0.3, 0.4) is 0 Å². The van der Waals surface area contributed by atoms with E-state index in [2.05, 4.69) is 146 Å². The topological polar surface area (TPSA) is 6.48 Å². The Labute approximate surface area is 174 Å². The van der Waals surface area contributed by atoms with Gasteiger partial charge in [-0.1, -0.05) is 72.8 Å². The molecule has 2 nitrogen and oxygen atoms in total. The first-order valence-corrected chi connectivity index (χ1v) is 9.98. The fourth-order valence-corrected chi connectivity index (χ4v) is 3.97. The van der Waals surface area contributed by atoms with Gasteiger partial charge in [0.05, 0.1) is 5.56 Å². The largest absolute Gasteiger partial charge is 0.326 e. The van der Waals surface area contributed by atoms with Crippen molar-refractivity contribution in [2.75, 3.05) is 9.80 Å². The molecular formula is C26H25BN2. The lowest BCUT2D eigenvalue weighted by molar-refractivity contribution is 0.645. The summed E-state index contributed by atoms with van der Waals surface area (Å²) in [4.78, 5) is 4.79. The molecule has 0 aliphatic rings. The average molecular weight is 376 g/mol. The molecular weight excluding hydrogens is 351 g/mol. The van der Waals surface area contributed by atoms with E-state index in [9.17, 15) is 0 Å². The lowest BCUT2D eigenvalue weighted by atomic mass is 9.83. The van der Waals surface area contributed by atoms with Crippen molar-refractivity contribution in [1.29, 1.82) is 0 Å². The van der Waals surface area contributed by atoms with Gasteiger partial charge in [-0.25, -0.2) is 0 Å². The number of para-hydroxylation sites is 4. The van der Waals surface area contributed by atoms with E-state index < -0.39 is 0 Å². The standard InChI is InChI=1S/C26H25BN2/c1-26(27,28(22-14-6-2-7-15-22)23-16-8-3-9-17-23)29(24-18-10-4-11-19-24)25-20-12-5-13-21-25/h2-21H,27H2,1H3. The van der Waals surface area contributed by atoms with Gasteiger partial charge >= 0.3 is 0 Å². The number of rotatable bonds is 6. The highest BCUT2D eigenvalue weighted by molar-refractivity contribution is 6.20. The fourth-order valence-electron chi connectivity index (χ4n) is 3.97. The molecule has 0 spiro atoms. The molecule has 0 atom stereocenters. The Morgan fingerprint density at radius 3 is 0.862 bits per heavy atom. The molecule has 0 aliphatic heterocycles. The van der Waals surface area contributed by atoms with Crippen LogP contribution in [0.5, 0.6) is 0 Å². The van der Waals surface area contributed by atoms with Crippen molar-refractivity contribution in [3.05, 3.63) is 121 Å². The zero-order valence-corrected chi connectivity index (χ0v) is 16.9. The van der Waals surface area contributed by atoms with E-state index in [4.69, 9.17) is 0 Å². The minimum Gasteiger partial charge on any atom is -0.326 e. The third-order valence-corrected chi connectivity index (χ3v) is 5.15. The van der Waals surface area contributed by atoms with Gasteiger partial charge in [-0.3, -0.25) is 0 Å². The Hall–Kier alpha value is -3.46. The van der Waals surface area contributed by atoms with Crippen LogP contribution in [0.4, 0.5) is 22.7 Å². The third kappa shape index (κ3) is 3.90. The predicted molar refractivity (Wildman–Crippen MR) is 127 cm³/mol. The van der Waals surface area contributed by atoms with Crippen LogP contribution >= 0.6 is 0 Å². The van der Waals surface area contributed by atoms with Gasteiger partial charge < -0.3 is 9.80 Å². The number of hydrogen-bond acceptors (Lipinski definition) is 2. The molecule has 4 aromatic rings. The normalized spacial score (nSPS) is 11.1. The maximum Gasteiger partial charge on any atom is 0.162 e. The third-order valence-electron chi connectivity index (χ3n) is 5.15. The Kier molecular flexibility index (Phi) is 5.39.